The standard InChI is InChI=1S/C33H70N2/c1-8-12-16-18-20-21-23-25-29-35(33(7)32(6)27-15-11-4)34(30-31(5)26-14-10-3)28-24-22-19-17-13-9-2/h31-33H,8-30H2,1-7H3. The molecule has 212 valence electrons. The van der Waals surface area contributed by atoms with E-state index >= 15 is 0 Å². The lowest BCUT2D eigenvalue weighted by Gasteiger charge is -2.43. The van der Waals surface area contributed by atoms with Crippen molar-refractivity contribution in [1.29, 1.82) is 0 Å². The summed E-state index contributed by atoms with van der Waals surface area (Å²) in [5, 5.41) is 5.71. The van der Waals surface area contributed by atoms with Gasteiger partial charge in [0.25, 0.3) is 0 Å². The highest BCUT2D eigenvalue weighted by Gasteiger charge is 2.26. The highest BCUT2D eigenvalue weighted by Crippen LogP contribution is 2.23. The van der Waals surface area contributed by atoms with Crippen molar-refractivity contribution in [2.45, 2.75) is 183 Å². The van der Waals surface area contributed by atoms with Crippen LogP contribution in [0.15, 0.2) is 0 Å². The van der Waals surface area contributed by atoms with Gasteiger partial charge in [-0.1, -0.05) is 144 Å². The van der Waals surface area contributed by atoms with Crippen molar-refractivity contribution in [2.75, 3.05) is 19.6 Å². The first kappa shape index (κ1) is 34.9. The second-order valence-electron chi connectivity index (χ2n) is 11.9. The lowest BCUT2D eigenvalue weighted by Crippen LogP contribution is -2.52. The molecule has 0 spiro atoms. The molecule has 0 N–H and O–H groups in total. The molecule has 0 saturated carbocycles. The van der Waals surface area contributed by atoms with Crippen LogP contribution in [-0.4, -0.2) is 35.7 Å². The van der Waals surface area contributed by atoms with Gasteiger partial charge in [-0.3, -0.25) is 0 Å². The van der Waals surface area contributed by atoms with E-state index in [-0.39, 0.29) is 0 Å². The minimum Gasteiger partial charge on any atom is -0.241 e. The lowest BCUT2D eigenvalue weighted by molar-refractivity contribution is -0.0821. The van der Waals surface area contributed by atoms with Gasteiger partial charge in [0.2, 0.25) is 0 Å². The highest BCUT2D eigenvalue weighted by molar-refractivity contribution is 4.74. The monoisotopic (exact) mass is 495 g/mol. The summed E-state index contributed by atoms with van der Waals surface area (Å²) in [6.45, 7) is 20.7. The zero-order valence-corrected chi connectivity index (χ0v) is 25.9. The fourth-order valence-electron chi connectivity index (χ4n) is 5.47. The van der Waals surface area contributed by atoms with Gasteiger partial charge < -0.3 is 0 Å². The Balaban J connectivity index is 5.08. The first-order valence-corrected chi connectivity index (χ1v) is 16.5. The lowest BCUT2D eigenvalue weighted by atomic mass is 9.96. The average Bonchev–Trinajstić information content (AvgIpc) is 2.86. The number of hydrazine groups is 1. The van der Waals surface area contributed by atoms with Gasteiger partial charge in [0.05, 0.1) is 0 Å². The third kappa shape index (κ3) is 19.7. The van der Waals surface area contributed by atoms with Crippen LogP contribution in [0, 0.1) is 11.8 Å². The molecule has 0 heterocycles. The Morgan fingerprint density at radius 2 is 0.886 bits per heavy atom. The number of hydrogen-bond donors (Lipinski definition) is 0. The van der Waals surface area contributed by atoms with Crippen molar-refractivity contribution in [1.82, 2.24) is 10.0 Å². The predicted molar refractivity (Wildman–Crippen MR) is 161 cm³/mol. The zero-order valence-electron chi connectivity index (χ0n) is 25.9. The number of nitrogens with zero attached hydrogens (tertiary/aromatic N) is 2. The molecule has 35 heavy (non-hydrogen) atoms. The van der Waals surface area contributed by atoms with E-state index in [0.717, 1.165) is 11.8 Å². The molecule has 3 unspecified atom stereocenters. The summed E-state index contributed by atoms with van der Waals surface area (Å²) in [7, 11) is 0. The predicted octanol–water partition coefficient (Wildman–Crippen LogP) is 11.0. The van der Waals surface area contributed by atoms with Gasteiger partial charge in [-0.2, -0.15) is 0 Å². The molecule has 0 rings (SSSR count). The molecule has 0 aromatic heterocycles. The van der Waals surface area contributed by atoms with Crippen LogP contribution in [0.4, 0.5) is 0 Å². The maximum Gasteiger partial charge on any atom is 0.0243 e. The van der Waals surface area contributed by atoms with E-state index in [4.69, 9.17) is 0 Å². The second-order valence-corrected chi connectivity index (χ2v) is 11.9. The Labute approximate surface area is 224 Å². The van der Waals surface area contributed by atoms with Crippen LogP contribution < -0.4 is 0 Å². The molecule has 0 aromatic rings. The van der Waals surface area contributed by atoms with Crippen molar-refractivity contribution >= 4 is 0 Å². The molecule has 2 nitrogen and oxygen atoms in total. The summed E-state index contributed by atoms with van der Waals surface area (Å²) in [4.78, 5) is 0. The Morgan fingerprint density at radius 1 is 0.457 bits per heavy atom. The first-order valence-electron chi connectivity index (χ1n) is 16.5. The summed E-state index contributed by atoms with van der Waals surface area (Å²) in [5.41, 5.74) is 0. The summed E-state index contributed by atoms with van der Waals surface area (Å²) in [6.07, 6.45) is 27.9. The van der Waals surface area contributed by atoms with Crippen molar-refractivity contribution in [3.8, 4) is 0 Å². The van der Waals surface area contributed by atoms with Crippen LogP contribution in [0.2, 0.25) is 0 Å². The maximum absolute atomic E-state index is 2.87. The van der Waals surface area contributed by atoms with Gasteiger partial charge in [-0.25, -0.2) is 10.0 Å². The molecule has 0 amide bonds. The SMILES string of the molecule is CCCCCCCCCCN(C(C)C(C)CCCC)N(CCCCCCCC)CC(C)CCCC. The normalized spacial score (nSPS) is 14.7. The molecular formula is C33H70N2. The molecule has 0 bridgehead atoms. The van der Waals surface area contributed by atoms with Gasteiger partial charge in [0, 0.05) is 25.7 Å². The fourth-order valence-corrected chi connectivity index (χ4v) is 5.47. The molecule has 0 aliphatic rings. The first-order chi connectivity index (χ1) is 17.0. The van der Waals surface area contributed by atoms with Crippen molar-refractivity contribution in [3.63, 3.8) is 0 Å². The molecule has 0 radical (unpaired) electrons. The van der Waals surface area contributed by atoms with Crippen molar-refractivity contribution in [2.24, 2.45) is 11.8 Å². The quantitative estimate of drug-likeness (QED) is 0.0827. The van der Waals surface area contributed by atoms with Crippen LogP contribution in [0.1, 0.15) is 177 Å². The Bertz CT molecular complexity index is 410. The van der Waals surface area contributed by atoms with Crippen LogP contribution in [-0.2, 0) is 0 Å². The highest BCUT2D eigenvalue weighted by atomic mass is 15.6. The van der Waals surface area contributed by atoms with Crippen LogP contribution in [0.5, 0.6) is 0 Å². The molecule has 0 fully saturated rings. The van der Waals surface area contributed by atoms with Gasteiger partial charge in [0.15, 0.2) is 0 Å². The van der Waals surface area contributed by atoms with E-state index in [2.05, 4.69) is 58.5 Å². The van der Waals surface area contributed by atoms with Crippen LogP contribution in [0.25, 0.3) is 0 Å². The summed E-state index contributed by atoms with van der Waals surface area (Å²) < 4.78 is 0. The van der Waals surface area contributed by atoms with Gasteiger partial charge in [0.1, 0.15) is 0 Å². The molecular weight excluding hydrogens is 424 g/mol. The Hall–Kier alpha value is -0.0800. The molecule has 0 aliphatic carbocycles. The zero-order chi connectivity index (χ0) is 26.2. The summed E-state index contributed by atoms with van der Waals surface area (Å²) in [6, 6.07) is 0.657. The number of unbranched alkanes of at least 4 members (excludes halogenated alkanes) is 14. The molecule has 2 heteroatoms. The molecule has 3 atom stereocenters. The van der Waals surface area contributed by atoms with Crippen LogP contribution in [0.3, 0.4) is 0 Å². The van der Waals surface area contributed by atoms with Crippen LogP contribution >= 0.6 is 0 Å². The van der Waals surface area contributed by atoms with E-state index in [0.29, 0.717) is 6.04 Å². The molecule has 0 aliphatic heterocycles. The van der Waals surface area contributed by atoms with E-state index in [1.54, 1.807) is 0 Å². The van der Waals surface area contributed by atoms with Gasteiger partial charge in [-0.15, -0.1) is 0 Å². The third-order valence-electron chi connectivity index (χ3n) is 8.25. The van der Waals surface area contributed by atoms with E-state index < -0.39 is 0 Å². The maximum atomic E-state index is 2.87. The summed E-state index contributed by atoms with van der Waals surface area (Å²) >= 11 is 0. The Kier molecular flexibility index (Phi) is 25.5. The Morgan fingerprint density at radius 3 is 1.40 bits per heavy atom. The average molecular weight is 495 g/mol. The largest absolute Gasteiger partial charge is 0.241 e. The van der Waals surface area contributed by atoms with Crippen molar-refractivity contribution < 1.29 is 0 Å². The third-order valence-corrected chi connectivity index (χ3v) is 8.25. The van der Waals surface area contributed by atoms with Gasteiger partial charge >= 0.3 is 0 Å². The minimum absolute atomic E-state index is 0.657. The smallest absolute Gasteiger partial charge is 0.0243 e. The van der Waals surface area contributed by atoms with Crippen molar-refractivity contribution in [3.05, 3.63) is 0 Å². The number of hydrogen-bond acceptors (Lipinski definition) is 2. The van der Waals surface area contributed by atoms with E-state index in [1.807, 2.05) is 0 Å². The summed E-state index contributed by atoms with van der Waals surface area (Å²) in [5.74, 6) is 1.58. The fraction of sp³-hybridized carbons (Fsp3) is 1.00. The molecule has 0 aromatic carbocycles. The molecule has 0 saturated heterocycles. The number of rotatable bonds is 27. The topological polar surface area (TPSA) is 6.48 Å². The van der Waals surface area contributed by atoms with E-state index in [9.17, 15) is 0 Å². The van der Waals surface area contributed by atoms with E-state index in [1.165, 1.54) is 148 Å². The van der Waals surface area contributed by atoms with Gasteiger partial charge in [-0.05, 0) is 44.4 Å². The second kappa shape index (κ2) is 25.6. The minimum atomic E-state index is 0.657.